The number of aromatic nitrogens is 2. The van der Waals surface area contributed by atoms with Gasteiger partial charge in [-0.15, -0.1) is 0 Å². The van der Waals surface area contributed by atoms with Crippen molar-refractivity contribution in [1.82, 2.24) is 20.6 Å². The number of halogens is 1. The second-order valence-electron chi connectivity index (χ2n) is 7.41. The number of guanidine groups is 1. The molecule has 1 aliphatic rings. The minimum Gasteiger partial charge on any atom is -0.358 e. The summed E-state index contributed by atoms with van der Waals surface area (Å²) in [6.07, 6.45) is 3.75. The molecule has 6 nitrogen and oxygen atoms in total. The second-order valence-corrected chi connectivity index (χ2v) is 7.82. The average Bonchev–Trinajstić information content (AvgIpc) is 3.31. The number of pyridine rings is 1. The smallest absolute Gasteiger partial charge is 0.191 e. The van der Waals surface area contributed by atoms with Crippen molar-refractivity contribution < 1.29 is 0 Å². The number of nitrogens with one attached hydrogen (secondary N) is 3. The molecule has 1 saturated heterocycles. The molecule has 152 valence electrons. The van der Waals surface area contributed by atoms with Crippen LogP contribution in [0.2, 0.25) is 5.02 Å². The van der Waals surface area contributed by atoms with E-state index in [0.717, 1.165) is 44.3 Å². The number of aliphatic imine (C=N–C) groups is 1. The Morgan fingerprint density at radius 3 is 3.00 bits per heavy atom. The average molecular weight is 411 g/mol. The molecule has 0 amide bonds. The van der Waals surface area contributed by atoms with E-state index in [-0.39, 0.29) is 0 Å². The molecule has 3 N–H and O–H groups in total. The van der Waals surface area contributed by atoms with Crippen LogP contribution in [0.3, 0.4) is 0 Å². The van der Waals surface area contributed by atoms with Crippen LogP contribution < -0.4 is 15.5 Å². The molecule has 1 unspecified atom stereocenters. The van der Waals surface area contributed by atoms with Crippen molar-refractivity contribution in [2.45, 2.75) is 25.8 Å². The Kier molecular flexibility index (Phi) is 5.90. The van der Waals surface area contributed by atoms with Gasteiger partial charge in [-0.2, -0.15) is 0 Å². The maximum atomic E-state index is 6.29. The monoisotopic (exact) mass is 410 g/mol. The van der Waals surface area contributed by atoms with E-state index in [4.69, 9.17) is 11.6 Å². The van der Waals surface area contributed by atoms with Crippen LogP contribution in [0.15, 0.2) is 47.6 Å². The Morgan fingerprint density at radius 1 is 1.31 bits per heavy atom. The lowest BCUT2D eigenvalue weighted by molar-refractivity contribution is 0.648. The van der Waals surface area contributed by atoms with Gasteiger partial charge in [0, 0.05) is 55.5 Å². The van der Waals surface area contributed by atoms with Crippen LogP contribution in [0.4, 0.5) is 5.82 Å². The van der Waals surface area contributed by atoms with Crippen LogP contribution in [0.1, 0.15) is 17.7 Å². The van der Waals surface area contributed by atoms with Crippen molar-refractivity contribution in [3.8, 4) is 0 Å². The lowest BCUT2D eigenvalue weighted by Gasteiger charge is -2.20. The number of fused-ring (bicyclic) bond motifs is 1. The standard InChI is InChI=1S/C22H27ClN6/c1-15-17(18-6-3-4-8-20(18)27-15)9-12-26-22(24-2)28-16-10-13-29(14-16)21-19(23)7-5-11-25-21/h3-8,11,16,27H,9-10,12-14H2,1-2H3,(H2,24,26,28). The molecule has 1 fully saturated rings. The van der Waals surface area contributed by atoms with E-state index in [2.05, 4.69) is 61.7 Å². The van der Waals surface area contributed by atoms with Gasteiger partial charge in [-0.25, -0.2) is 4.98 Å². The number of nitrogens with zero attached hydrogens (tertiary/aromatic N) is 3. The highest BCUT2D eigenvalue weighted by molar-refractivity contribution is 6.32. The molecule has 3 aromatic rings. The Hall–Kier alpha value is -2.73. The lowest BCUT2D eigenvalue weighted by Crippen LogP contribution is -2.45. The van der Waals surface area contributed by atoms with Gasteiger partial charge >= 0.3 is 0 Å². The summed E-state index contributed by atoms with van der Waals surface area (Å²) < 4.78 is 0. The predicted molar refractivity (Wildman–Crippen MR) is 121 cm³/mol. The van der Waals surface area contributed by atoms with Gasteiger partial charge in [0.2, 0.25) is 0 Å². The topological polar surface area (TPSA) is 68.3 Å². The number of hydrogen-bond donors (Lipinski definition) is 3. The summed E-state index contributed by atoms with van der Waals surface area (Å²) in [7, 11) is 1.81. The largest absolute Gasteiger partial charge is 0.358 e. The van der Waals surface area contributed by atoms with Gasteiger partial charge in [-0.1, -0.05) is 29.8 Å². The number of anilines is 1. The number of aromatic amines is 1. The van der Waals surface area contributed by atoms with E-state index < -0.39 is 0 Å². The fourth-order valence-corrected chi connectivity index (χ4v) is 4.27. The van der Waals surface area contributed by atoms with Crippen LogP contribution in [-0.2, 0) is 6.42 Å². The number of hydrogen-bond acceptors (Lipinski definition) is 3. The summed E-state index contributed by atoms with van der Waals surface area (Å²) in [6.45, 7) is 4.75. The molecule has 2 aromatic heterocycles. The zero-order valence-electron chi connectivity index (χ0n) is 16.9. The maximum absolute atomic E-state index is 6.29. The summed E-state index contributed by atoms with van der Waals surface area (Å²) in [5.41, 5.74) is 3.79. The number of para-hydroxylation sites is 1. The molecule has 0 aliphatic carbocycles. The molecule has 1 atom stereocenters. The first-order valence-corrected chi connectivity index (χ1v) is 10.4. The van der Waals surface area contributed by atoms with Crippen molar-refractivity contribution in [3.63, 3.8) is 0 Å². The molecule has 4 rings (SSSR count). The van der Waals surface area contributed by atoms with Crippen LogP contribution in [-0.4, -0.2) is 48.7 Å². The van der Waals surface area contributed by atoms with Crippen LogP contribution >= 0.6 is 11.6 Å². The molecule has 0 saturated carbocycles. The zero-order valence-corrected chi connectivity index (χ0v) is 17.6. The van der Waals surface area contributed by atoms with E-state index in [0.29, 0.717) is 11.1 Å². The Morgan fingerprint density at radius 2 is 2.17 bits per heavy atom. The van der Waals surface area contributed by atoms with Gasteiger partial charge in [0.15, 0.2) is 5.96 Å². The first-order valence-electron chi connectivity index (χ1n) is 10.0. The summed E-state index contributed by atoms with van der Waals surface area (Å²) in [6, 6.07) is 12.5. The minimum atomic E-state index is 0.314. The van der Waals surface area contributed by atoms with Crippen LogP contribution in [0, 0.1) is 6.92 Å². The van der Waals surface area contributed by atoms with Gasteiger partial charge in [0.25, 0.3) is 0 Å². The number of rotatable bonds is 5. The van der Waals surface area contributed by atoms with Crippen LogP contribution in [0.25, 0.3) is 10.9 Å². The first-order chi connectivity index (χ1) is 14.2. The molecule has 0 radical (unpaired) electrons. The van der Waals surface area contributed by atoms with Crippen molar-refractivity contribution in [3.05, 3.63) is 58.9 Å². The molecular formula is C22H27ClN6. The van der Waals surface area contributed by atoms with E-state index >= 15 is 0 Å². The molecule has 3 heterocycles. The maximum Gasteiger partial charge on any atom is 0.191 e. The Bertz CT molecular complexity index is 1010. The molecule has 29 heavy (non-hydrogen) atoms. The lowest BCUT2D eigenvalue weighted by atomic mass is 10.1. The summed E-state index contributed by atoms with van der Waals surface area (Å²) in [4.78, 5) is 14.5. The molecule has 0 bridgehead atoms. The Balaban J connectivity index is 1.31. The van der Waals surface area contributed by atoms with E-state index in [1.807, 2.05) is 19.2 Å². The first kappa shape index (κ1) is 19.6. The van der Waals surface area contributed by atoms with E-state index in [9.17, 15) is 0 Å². The molecule has 0 spiro atoms. The van der Waals surface area contributed by atoms with Gasteiger partial charge < -0.3 is 20.5 Å². The SMILES string of the molecule is CN=C(NCCc1c(C)[nH]c2ccccc12)NC1CCN(c2ncccc2Cl)C1. The van der Waals surface area contributed by atoms with Crippen molar-refractivity contribution >= 4 is 34.3 Å². The third kappa shape index (κ3) is 4.32. The minimum absolute atomic E-state index is 0.314. The van der Waals surface area contributed by atoms with Gasteiger partial charge in [-0.05, 0) is 43.5 Å². The predicted octanol–water partition coefficient (Wildman–Crippen LogP) is 3.51. The fourth-order valence-electron chi connectivity index (χ4n) is 4.03. The highest BCUT2D eigenvalue weighted by Gasteiger charge is 2.25. The summed E-state index contributed by atoms with van der Waals surface area (Å²) in [5.74, 6) is 1.69. The van der Waals surface area contributed by atoms with Crippen molar-refractivity contribution in [2.75, 3.05) is 31.6 Å². The molecular weight excluding hydrogens is 384 g/mol. The molecule has 1 aromatic carbocycles. The number of aryl methyl sites for hydroxylation is 1. The van der Waals surface area contributed by atoms with Crippen LogP contribution in [0.5, 0.6) is 0 Å². The van der Waals surface area contributed by atoms with Gasteiger partial charge in [0.1, 0.15) is 5.82 Å². The quantitative estimate of drug-likeness (QED) is 0.444. The van der Waals surface area contributed by atoms with Crippen molar-refractivity contribution in [2.24, 2.45) is 4.99 Å². The van der Waals surface area contributed by atoms with E-state index in [1.165, 1.54) is 22.2 Å². The summed E-state index contributed by atoms with van der Waals surface area (Å²) >= 11 is 6.29. The normalized spacial score (nSPS) is 17.1. The molecule has 1 aliphatic heterocycles. The van der Waals surface area contributed by atoms with E-state index in [1.54, 1.807) is 6.20 Å². The second kappa shape index (κ2) is 8.74. The zero-order chi connectivity index (χ0) is 20.2. The fraction of sp³-hybridized carbons (Fsp3) is 0.364. The van der Waals surface area contributed by atoms with Gasteiger partial charge in [0.05, 0.1) is 5.02 Å². The third-order valence-electron chi connectivity index (χ3n) is 5.49. The highest BCUT2D eigenvalue weighted by atomic mass is 35.5. The Labute approximate surface area is 176 Å². The number of H-pyrrole nitrogens is 1. The summed E-state index contributed by atoms with van der Waals surface area (Å²) in [5, 5.41) is 8.99. The van der Waals surface area contributed by atoms with Gasteiger partial charge in [-0.3, -0.25) is 4.99 Å². The third-order valence-corrected chi connectivity index (χ3v) is 5.78. The highest BCUT2D eigenvalue weighted by Crippen LogP contribution is 2.26. The molecule has 7 heteroatoms. The number of benzene rings is 1. The van der Waals surface area contributed by atoms with Crippen molar-refractivity contribution in [1.29, 1.82) is 0 Å².